The lowest BCUT2D eigenvalue weighted by molar-refractivity contribution is -0.113. The normalized spacial score (nSPS) is 10.4. The molecule has 3 aromatic carbocycles. The Bertz CT molecular complexity index is 978. The molecule has 0 aliphatic rings. The average Bonchev–Trinajstić information content (AvgIpc) is 2.69. The zero-order valence-electron chi connectivity index (χ0n) is 14.6. The summed E-state index contributed by atoms with van der Waals surface area (Å²) < 4.78 is 1.12. The quantitative estimate of drug-likeness (QED) is 0.312. The molecule has 2 amide bonds. The molecule has 0 aliphatic carbocycles. The Balaban J connectivity index is 1.50. The van der Waals surface area contributed by atoms with Crippen molar-refractivity contribution in [2.75, 3.05) is 16.4 Å². The zero-order valence-corrected chi connectivity index (χ0v) is 18.3. The van der Waals surface area contributed by atoms with Gasteiger partial charge >= 0.3 is 0 Å². The molecule has 0 spiro atoms. The van der Waals surface area contributed by atoms with Gasteiger partial charge in [0.25, 0.3) is 5.91 Å². The van der Waals surface area contributed by atoms with Crippen LogP contribution < -0.4 is 10.6 Å². The van der Waals surface area contributed by atoms with Crippen LogP contribution in [-0.4, -0.2) is 17.6 Å². The second-order valence-corrected chi connectivity index (χ2v) is 8.56. The number of hydrogen-bond donors (Lipinski definition) is 2. The summed E-state index contributed by atoms with van der Waals surface area (Å²) in [6.07, 6.45) is 0. The maximum absolute atomic E-state index is 12.2. The summed E-state index contributed by atoms with van der Waals surface area (Å²) in [4.78, 5) is 25.2. The van der Waals surface area contributed by atoms with E-state index in [9.17, 15) is 9.59 Å². The second-order valence-electron chi connectivity index (χ2n) is 5.83. The molecule has 3 aromatic rings. The molecule has 4 nitrogen and oxygen atoms in total. The Morgan fingerprint density at radius 1 is 0.893 bits per heavy atom. The number of anilines is 2. The molecule has 7 heteroatoms. The number of thioether (sulfide) groups is 1. The number of hydrogen-bond acceptors (Lipinski definition) is 3. The number of nitrogens with one attached hydrogen (secondary N) is 2. The largest absolute Gasteiger partial charge is 0.325 e. The van der Waals surface area contributed by atoms with Crippen LogP contribution in [0, 0.1) is 3.57 Å². The first kappa shape index (κ1) is 20.7. The highest BCUT2D eigenvalue weighted by atomic mass is 127. The SMILES string of the molecule is O=C(CSc1ccc(NC(=O)c2cccc(Cl)c2)cc1)Nc1ccc(I)cc1. The molecule has 0 aliphatic heterocycles. The molecule has 0 fully saturated rings. The molecule has 0 bridgehead atoms. The molecule has 3 rings (SSSR count). The minimum Gasteiger partial charge on any atom is -0.325 e. The van der Waals surface area contributed by atoms with Crippen molar-refractivity contribution in [3.63, 3.8) is 0 Å². The lowest BCUT2D eigenvalue weighted by atomic mass is 10.2. The molecule has 0 heterocycles. The van der Waals surface area contributed by atoms with Crippen molar-refractivity contribution < 1.29 is 9.59 Å². The van der Waals surface area contributed by atoms with Crippen molar-refractivity contribution in [1.29, 1.82) is 0 Å². The van der Waals surface area contributed by atoms with E-state index in [0.717, 1.165) is 14.2 Å². The highest BCUT2D eigenvalue weighted by molar-refractivity contribution is 14.1. The molecule has 2 N–H and O–H groups in total. The van der Waals surface area contributed by atoms with Gasteiger partial charge in [-0.2, -0.15) is 0 Å². The fourth-order valence-corrected chi connectivity index (χ4v) is 3.59. The van der Waals surface area contributed by atoms with Crippen molar-refractivity contribution >= 4 is 69.1 Å². The number of rotatable bonds is 6. The smallest absolute Gasteiger partial charge is 0.255 e. The fraction of sp³-hybridized carbons (Fsp3) is 0.0476. The van der Waals surface area contributed by atoms with E-state index >= 15 is 0 Å². The first-order valence-corrected chi connectivity index (χ1v) is 10.8. The van der Waals surface area contributed by atoms with E-state index in [1.165, 1.54) is 11.8 Å². The van der Waals surface area contributed by atoms with Gasteiger partial charge in [-0.3, -0.25) is 9.59 Å². The lowest BCUT2D eigenvalue weighted by Crippen LogP contribution is -2.14. The minimum atomic E-state index is -0.222. The molecule has 28 heavy (non-hydrogen) atoms. The van der Waals surface area contributed by atoms with Crippen LogP contribution in [0.15, 0.2) is 77.7 Å². The second kappa shape index (κ2) is 9.95. The van der Waals surface area contributed by atoms with E-state index in [4.69, 9.17) is 11.6 Å². The Labute approximate surface area is 186 Å². The van der Waals surface area contributed by atoms with E-state index in [2.05, 4.69) is 33.2 Å². The molecule has 0 saturated carbocycles. The summed E-state index contributed by atoms with van der Waals surface area (Å²) in [6, 6.07) is 21.8. The standard InChI is InChI=1S/C21H16ClIN2O2S/c22-15-3-1-2-14(12-15)21(27)25-18-8-10-19(11-9-18)28-13-20(26)24-17-6-4-16(23)5-7-17/h1-12H,13H2,(H,24,26)(H,25,27). The van der Waals surface area contributed by atoms with Crippen LogP contribution in [0.1, 0.15) is 10.4 Å². The van der Waals surface area contributed by atoms with Gasteiger partial charge in [0.15, 0.2) is 0 Å². The molecule has 0 radical (unpaired) electrons. The fourth-order valence-electron chi connectivity index (χ4n) is 2.35. The highest BCUT2D eigenvalue weighted by Crippen LogP contribution is 2.21. The third-order valence-corrected chi connectivity index (χ3v) is 5.66. The van der Waals surface area contributed by atoms with Crippen LogP contribution >= 0.6 is 46.0 Å². The van der Waals surface area contributed by atoms with Crippen LogP contribution in [0.25, 0.3) is 0 Å². The summed E-state index contributed by atoms with van der Waals surface area (Å²) in [5.41, 5.74) is 1.96. The van der Waals surface area contributed by atoms with Crippen LogP contribution in [0.3, 0.4) is 0 Å². The lowest BCUT2D eigenvalue weighted by Gasteiger charge is -2.08. The van der Waals surface area contributed by atoms with Gasteiger partial charge in [-0.15, -0.1) is 11.8 Å². The van der Waals surface area contributed by atoms with Gasteiger partial charge in [0.2, 0.25) is 5.91 Å². The third-order valence-electron chi connectivity index (χ3n) is 3.70. The Morgan fingerprint density at radius 3 is 2.21 bits per heavy atom. The van der Waals surface area contributed by atoms with Crippen LogP contribution in [0.4, 0.5) is 11.4 Å². The Morgan fingerprint density at radius 2 is 1.54 bits per heavy atom. The molecular formula is C21H16ClIN2O2S. The molecule has 0 aromatic heterocycles. The maximum atomic E-state index is 12.2. The molecule has 142 valence electrons. The predicted octanol–water partition coefficient (Wildman–Crippen LogP) is 5.93. The van der Waals surface area contributed by atoms with Gasteiger partial charge < -0.3 is 10.6 Å². The zero-order chi connectivity index (χ0) is 19.9. The summed E-state index contributed by atoms with van der Waals surface area (Å²) >= 11 is 9.57. The van der Waals surface area contributed by atoms with Crippen molar-refractivity contribution in [3.8, 4) is 0 Å². The van der Waals surface area contributed by atoms with Gasteiger partial charge in [-0.25, -0.2) is 0 Å². The summed E-state index contributed by atoms with van der Waals surface area (Å²) in [6.45, 7) is 0. The Kier molecular flexibility index (Phi) is 7.36. The summed E-state index contributed by atoms with van der Waals surface area (Å²) in [7, 11) is 0. The third kappa shape index (κ3) is 6.25. The van der Waals surface area contributed by atoms with Crippen molar-refractivity contribution in [2.45, 2.75) is 4.90 Å². The number of carbonyl (C=O) groups excluding carboxylic acids is 2. The van der Waals surface area contributed by atoms with E-state index in [1.807, 2.05) is 48.5 Å². The number of benzene rings is 3. The molecule has 0 atom stereocenters. The molecule has 0 saturated heterocycles. The minimum absolute atomic E-state index is 0.0652. The van der Waals surface area contributed by atoms with Crippen molar-refractivity contribution in [1.82, 2.24) is 0 Å². The monoisotopic (exact) mass is 522 g/mol. The number of carbonyl (C=O) groups is 2. The molecular weight excluding hydrogens is 507 g/mol. The van der Waals surface area contributed by atoms with E-state index in [1.54, 1.807) is 24.3 Å². The summed E-state index contributed by atoms with van der Waals surface area (Å²) in [5.74, 6) is 0.0181. The van der Waals surface area contributed by atoms with Crippen LogP contribution in [0.5, 0.6) is 0 Å². The van der Waals surface area contributed by atoms with E-state index < -0.39 is 0 Å². The predicted molar refractivity (Wildman–Crippen MR) is 124 cm³/mol. The van der Waals surface area contributed by atoms with Gasteiger partial charge in [-0.05, 0) is 89.3 Å². The molecule has 0 unspecified atom stereocenters. The van der Waals surface area contributed by atoms with Crippen LogP contribution in [0.2, 0.25) is 5.02 Å². The van der Waals surface area contributed by atoms with Gasteiger partial charge in [0.05, 0.1) is 5.75 Å². The maximum Gasteiger partial charge on any atom is 0.255 e. The first-order valence-electron chi connectivity index (χ1n) is 8.35. The van der Waals surface area contributed by atoms with Gasteiger partial charge in [-0.1, -0.05) is 17.7 Å². The number of amides is 2. The van der Waals surface area contributed by atoms with Gasteiger partial charge in [0, 0.05) is 30.4 Å². The van der Waals surface area contributed by atoms with E-state index in [-0.39, 0.29) is 11.8 Å². The first-order chi connectivity index (χ1) is 13.5. The number of halogens is 2. The Hall–Kier alpha value is -2.03. The van der Waals surface area contributed by atoms with Crippen molar-refractivity contribution in [2.24, 2.45) is 0 Å². The average molecular weight is 523 g/mol. The summed E-state index contributed by atoms with van der Waals surface area (Å²) in [5, 5.41) is 6.21. The van der Waals surface area contributed by atoms with E-state index in [0.29, 0.717) is 22.0 Å². The topological polar surface area (TPSA) is 58.2 Å². The van der Waals surface area contributed by atoms with Gasteiger partial charge in [0.1, 0.15) is 0 Å². The van der Waals surface area contributed by atoms with Crippen molar-refractivity contribution in [3.05, 3.63) is 87.0 Å². The van der Waals surface area contributed by atoms with Crippen LogP contribution in [-0.2, 0) is 4.79 Å². The highest BCUT2D eigenvalue weighted by Gasteiger charge is 2.07.